The molecule has 266 valence electrons. The number of fused-ring (bicyclic) bond motifs is 6. The average Bonchev–Trinajstić information content (AvgIpc) is 3.54. The van der Waals surface area contributed by atoms with Crippen LogP contribution in [0.25, 0.3) is 44.1 Å². The van der Waals surface area contributed by atoms with Crippen molar-refractivity contribution in [3.63, 3.8) is 0 Å². The lowest BCUT2D eigenvalue weighted by Crippen LogP contribution is -2.12. The fourth-order valence-electron chi connectivity index (χ4n) is 9.17. The van der Waals surface area contributed by atoms with Gasteiger partial charge >= 0.3 is 0 Å². The summed E-state index contributed by atoms with van der Waals surface area (Å²) in [5, 5.41) is 4.58. The van der Waals surface area contributed by atoms with E-state index >= 15 is 0 Å². The summed E-state index contributed by atoms with van der Waals surface area (Å²) in [7, 11) is 0. The monoisotopic (exact) mass is 718 g/mol. The molecule has 0 N–H and O–H groups in total. The minimum Gasteiger partial charge on any atom is -0.310 e. The van der Waals surface area contributed by atoms with Gasteiger partial charge in [-0.3, -0.25) is 9.97 Å². The number of nitrogens with zero attached hydrogens (tertiary/aromatic N) is 4. The summed E-state index contributed by atoms with van der Waals surface area (Å²) in [5.41, 5.74) is 16.7. The molecular formula is C52H38N4. The SMILES string of the molecule is c1ccc(-c2c3ccc(N4c5ccccc5CCc5ccccc54)cc3c(-c3ccccn3)c3ccc(N4c5ccccc5CCc5ccccc54)cc23)nc1. The van der Waals surface area contributed by atoms with E-state index in [-0.39, 0.29) is 0 Å². The average molecular weight is 719 g/mol. The summed E-state index contributed by atoms with van der Waals surface area (Å²) in [6.07, 6.45) is 7.81. The van der Waals surface area contributed by atoms with Crippen molar-refractivity contribution < 1.29 is 0 Å². The van der Waals surface area contributed by atoms with Gasteiger partial charge in [0.2, 0.25) is 0 Å². The van der Waals surface area contributed by atoms with Crippen LogP contribution in [0.15, 0.2) is 182 Å². The fourth-order valence-corrected chi connectivity index (χ4v) is 9.17. The Morgan fingerprint density at radius 1 is 0.321 bits per heavy atom. The fraction of sp³-hybridized carbons (Fsp3) is 0.0769. The predicted molar refractivity (Wildman–Crippen MR) is 232 cm³/mol. The van der Waals surface area contributed by atoms with E-state index in [9.17, 15) is 0 Å². The zero-order valence-electron chi connectivity index (χ0n) is 30.9. The van der Waals surface area contributed by atoms with Crippen molar-refractivity contribution in [2.45, 2.75) is 25.7 Å². The first-order chi connectivity index (χ1) is 27.8. The first-order valence-corrected chi connectivity index (χ1v) is 19.6. The Morgan fingerprint density at radius 2 is 0.661 bits per heavy atom. The molecule has 9 aromatic rings. The lowest BCUT2D eigenvalue weighted by Gasteiger charge is -2.29. The van der Waals surface area contributed by atoms with Gasteiger partial charge in [0.15, 0.2) is 0 Å². The summed E-state index contributed by atoms with van der Waals surface area (Å²) in [6.45, 7) is 0. The Morgan fingerprint density at radius 3 is 1.00 bits per heavy atom. The Kier molecular flexibility index (Phi) is 7.73. The molecule has 2 aliphatic heterocycles. The number of pyridine rings is 2. The molecule has 4 heteroatoms. The topological polar surface area (TPSA) is 32.3 Å². The van der Waals surface area contributed by atoms with Gasteiger partial charge in [-0.15, -0.1) is 0 Å². The third-order valence-electron chi connectivity index (χ3n) is 11.7. The predicted octanol–water partition coefficient (Wildman–Crippen LogP) is 13.3. The second-order valence-electron chi connectivity index (χ2n) is 14.8. The normalized spacial score (nSPS) is 13.4. The van der Waals surface area contributed by atoms with Crippen LogP contribution in [0.2, 0.25) is 0 Å². The van der Waals surface area contributed by atoms with E-state index in [4.69, 9.17) is 9.97 Å². The summed E-state index contributed by atoms with van der Waals surface area (Å²) < 4.78 is 0. The minimum absolute atomic E-state index is 0.946. The molecule has 0 unspecified atom stereocenters. The maximum absolute atomic E-state index is 5.03. The maximum atomic E-state index is 5.03. The number of benzene rings is 7. The van der Waals surface area contributed by atoms with Gasteiger partial charge in [0, 0.05) is 57.6 Å². The van der Waals surface area contributed by atoms with Crippen LogP contribution in [0, 0.1) is 0 Å². The molecule has 0 saturated heterocycles. The summed E-state index contributed by atoms with van der Waals surface area (Å²) in [4.78, 5) is 15.0. The molecule has 0 amide bonds. The Labute approximate surface area is 327 Å². The van der Waals surface area contributed by atoms with Crippen LogP contribution < -0.4 is 9.80 Å². The number of aryl methyl sites for hydroxylation is 4. The molecule has 2 aliphatic rings. The molecule has 4 nitrogen and oxygen atoms in total. The van der Waals surface area contributed by atoms with E-state index in [0.717, 1.165) is 81.1 Å². The highest BCUT2D eigenvalue weighted by Crippen LogP contribution is 2.49. The molecule has 0 aliphatic carbocycles. The van der Waals surface area contributed by atoms with Crippen LogP contribution in [-0.4, -0.2) is 9.97 Å². The van der Waals surface area contributed by atoms with Crippen molar-refractivity contribution in [2.75, 3.05) is 9.80 Å². The first kappa shape index (κ1) is 32.4. The van der Waals surface area contributed by atoms with Gasteiger partial charge in [-0.25, -0.2) is 0 Å². The van der Waals surface area contributed by atoms with Crippen molar-refractivity contribution in [1.82, 2.24) is 9.97 Å². The van der Waals surface area contributed by atoms with Gasteiger partial charge < -0.3 is 9.80 Å². The van der Waals surface area contributed by atoms with E-state index in [1.54, 1.807) is 0 Å². The van der Waals surface area contributed by atoms with Gasteiger partial charge in [-0.05, 0) is 142 Å². The van der Waals surface area contributed by atoms with Crippen LogP contribution in [0.4, 0.5) is 34.1 Å². The van der Waals surface area contributed by atoms with Crippen LogP contribution in [0.3, 0.4) is 0 Å². The summed E-state index contributed by atoms with van der Waals surface area (Å²) in [5.74, 6) is 0. The largest absolute Gasteiger partial charge is 0.310 e. The van der Waals surface area contributed by atoms with Gasteiger partial charge in [0.1, 0.15) is 0 Å². The van der Waals surface area contributed by atoms with E-state index in [0.29, 0.717) is 0 Å². The highest BCUT2D eigenvalue weighted by atomic mass is 15.2. The standard InChI is InChI=1S/C52H38N4/c1-5-19-47-35(13-1)23-24-36-14-2-6-20-48(36)55(47)39-27-29-41-43(33-39)51(45-17-9-11-31-53-45)42-30-28-40(34-44(42)52(41)46-18-10-12-32-54-46)56-49-21-7-3-15-37(49)25-26-38-16-4-8-22-50(38)56/h1-22,27-34H,23-26H2. The van der Waals surface area contributed by atoms with E-state index in [1.165, 1.54) is 45.0 Å². The summed E-state index contributed by atoms with van der Waals surface area (Å²) in [6, 6.07) is 61.9. The number of anilines is 6. The number of hydrogen-bond acceptors (Lipinski definition) is 4. The second kappa shape index (κ2) is 13.4. The molecule has 0 atom stereocenters. The zero-order chi connectivity index (χ0) is 37.0. The molecular weight excluding hydrogens is 681 g/mol. The zero-order valence-corrected chi connectivity index (χ0v) is 30.9. The highest BCUT2D eigenvalue weighted by molar-refractivity contribution is 6.22. The number of para-hydroxylation sites is 4. The lowest BCUT2D eigenvalue weighted by molar-refractivity contribution is 0.977. The second-order valence-corrected chi connectivity index (χ2v) is 14.8. The first-order valence-electron chi connectivity index (χ1n) is 19.6. The smallest absolute Gasteiger partial charge is 0.0714 e. The molecule has 0 radical (unpaired) electrons. The summed E-state index contributed by atoms with van der Waals surface area (Å²) >= 11 is 0. The Balaban J connectivity index is 1.23. The van der Waals surface area contributed by atoms with Crippen molar-refractivity contribution >= 4 is 55.7 Å². The molecule has 0 saturated carbocycles. The third-order valence-corrected chi connectivity index (χ3v) is 11.7. The van der Waals surface area contributed by atoms with Crippen molar-refractivity contribution in [3.05, 3.63) is 205 Å². The van der Waals surface area contributed by atoms with Crippen LogP contribution >= 0.6 is 0 Å². The van der Waals surface area contributed by atoms with Crippen molar-refractivity contribution in [1.29, 1.82) is 0 Å². The van der Waals surface area contributed by atoms with Crippen LogP contribution in [-0.2, 0) is 25.7 Å². The Bertz CT molecular complexity index is 2640. The van der Waals surface area contributed by atoms with Gasteiger partial charge in [-0.2, -0.15) is 0 Å². The number of rotatable bonds is 4. The number of hydrogen-bond donors (Lipinski definition) is 0. The van der Waals surface area contributed by atoms with E-state index in [1.807, 2.05) is 24.5 Å². The molecule has 11 rings (SSSR count). The quantitative estimate of drug-likeness (QED) is 0.170. The van der Waals surface area contributed by atoms with Gasteiger partial charge in [0.25, 0.3) is 0 Å². The molecule has 4 heterocycles. The van der Waals surface area contributed by atoms with Gasteiger partial charge in [-0.1, -0.05) is 97.1 Å². The van der Waals surface area contributed by atoms with Gasteiger partial charge in [0.05, 0.1) is 11.4 Å². The molecule has 2 aromatic heterocycles. The third kappa shape index (κ3) is 5.29. The maximum Gasteiger partial charge on any atom is 0.0714 e. The van der Waals surface area contributed by atoms with E-state index < -0.39 is 0 Å². The van der Waals surface area contributed by atoms with Crippen LogP contribution in [0.5, 0.6) is 0 Å². The molecule has 0 fully saturated rings. The Hall–Kier alpha value is -7.04. The lowest BCUT2D eigenvalue weighted by atomic mass is 9.87. The molecule has 56 heavy (non-hydrogen) atoms. The van der Waals surface area contributed by atoms with Crippen molar-refractivity contribution in [2.24, 2.45) is 0 Å². The minimum atomic E-state index is 0.946. The van der Waals surface area contributed by atoms with Crippen LogP contribution in [0.1, 0.15) is 22.3 Å². The molecule has 7 aromatic carbocycles. The molecule has 0 spiro atoms. The van der Waals surface area contributed by atoms with E-state index in [2.05, 4.69) is 168 Å². The van der Waals surface area contributed by atoms with Crippen molar-refractivity contribution in [3.8, 4) is 22.5 Å². The highest BCUT2D eigenvalue weighted by Gasteiger charge is 2.26. The molecule has 0 bridgehead atoms. The number of aromatic nitrogens is 2.